The first-order chi connectivity index (χ1) is 20.8. The fourth-order valence-corrected chi connectivity index (χ4v) is 8.31. The molecule has 5 heterocycles. The van der Waals surface area contributed by atoms with Gasteiger partial charge in [-0.15, -0.1) is 11.3 Å². The van der Waals surface area contributed by atoms with Crippen LogP contribution >= 0.6 is 11.3 Å². The molecule has 9 aromatic rings. The fourth-order valence-electron chi connectivity index (χ4n) is 7.05. The Bertz CT molecular complexity index is 2570. The van der Waals surface area contributed by atoms with E-state index in [1.165, 1.54) is 36.8 Å². The molecule has 4 aromatic heterocycles. The van der Waals surface area contributed by atoms with Gasteiger partial charge in [0.2, 0.25) is 5.78 Å². The predicted octanol–water partition coefficient (Wildman–Crippen LogP) is 9.45. The van der Waals surface area contributed by atoms with Gasteiger partial charge in [0.05, 0.1) is 38.7 Å². The number of para-hydroxylation sites is 5. The number of benzene rings is 5. The number of rotatable bonds is 2. The molecule has 0 amide bonds. The Morgan fingerprint density at radius 2 is 1.36 bits per heavy atom. The Morgan fingerprint density at radius 1 is 0.643 bits per heavy atom. The molecule has 0 spiro atoms. The number of imidazole rings is 2. The van der Waals surface area contributed by atoms with E-state index in [0.29, 0.717) is 0 Å². The van der Waals surface area contributed by atoms with Gasteiger partial charge in [0.15, 0.2) is 0 Å². The van der Waals surface area contributed by atoms with E-state index in [1.807, 2.05) is 11.3 Å². The quantitative estimate of drug-likeness (QED) is 0.209. The van der Waals surface area contributed by atoms with E-state index in [0.717, 1.165) is 45.6 Å². The predicted molar refractivity (Wildman–Crippen MR) is 175 cm³/mol. The molecule has 0 bridgehead atoms. The summed E-state index contributed by atoms with van der Waals surface area (Å²) in [5, 5.41) is 3.76. The lowest BCUT2D eigenvalue weighted by Gasteiger charge is -2.22. The highest BCUT2D eigenvalue weighted by Gasteiger charge is 2.27. The van der Waals surface area contributed by atoms with Crippen molar-refractivity contribution in [3.63, 3.8) is 0 Å². The molecule has 42 heavy (non-hydrogen) atoms. The van der Waals surface area contributed by atoms with Crippen molar-refractivity contribution in [1.82, 2.24) is 18.5 Å². The lowest BCUT2D eigenvalue weighted by molar-refractivity contribution is 0.658. The van der Waals surface area contributed by atoms with Gasteiger partial charge in [-0.2, -0.15) is 0 Å². The monoisotopic (exact) mass is 557 g/mol. The van der Waals surface area contributed by atoms with E-state index in [9.17, 15) is 0 Å². The molecule has 10 rings (SSSR count). The molecule has 1 atom stereocenters. The molecule has 0 unspecified atom stereocenters. The van der Waals surface area contributed by atoms with Crippen LogP contribution in [0.15, 0.2) is 120 Å². The van der Waals surface area contributed by atoms with Crippen LogP contribution in [0.25, 0.3) is 65.4 Å². The first kappa shape index (κ1) is 22.5. The van der Waals surface area contributed by atoms with Crippen LogP contribution in [0.3, 0.4) is 0 Å². The zero-order valence-corrected chi connectivity index (χ0v) is 23.3. The van der Waals surface area contributed by atoms with E-state index in [1.54, 1.807) is 0 Å². The van der Waals surface area contributed by atoms with Gasteiger partial charge < -0.3 is 4.57 Å². The van der Waals surface area contributed by atoms with Crippen LogP contribution in [0.4, 0.5) is 5.69 Å². The average Bonchev–Trinajstić information content (AvgIpc) is 3.78. The number of hydrogen-bond acceptors (Lipinski definition) is 3. The molecule has 0 saturated carbocycles. The largest absolute Gasteiger partial charge is 0.332 e. The minimum Gasteiger partial charge on any atom is -0.332 e. The van der Waals surface area contributed by atoms with Crippen molar-refractivity contribution in [3.05, 3.63) is 120 Å². The van der Waals surface area contributed by atoms with Gasteiger partial charge in [-0.05, 0) is 54.6 Å². The summed E-state index contributed by atoms with van der Waals surface area (Å²) < 4.78 is 8.42. The Morgan fingerprint density at radius 3 is 2.26 bits per heavy atom. The highest BCUT2D eigenvalue weighted by Crippen LogP contribution is 2.48. The second-order valence-electron chi connectivity index (χ2n) is 11.0. The van der Waals surface area contributed by atoms with Crippen molar-refractivity contribution >= 4 is 83.0 Å². The number of hydrogen-bond donors (Lipinski definition) is 0. The molecule has 1 aliphatic rings. The molecule has 5 nitrogen and oxygen atoms in total. The third-order valence-electron chi connectivity index (χ3n) is 8.82. The summed E-state index contributed by atoms with van der Waals surface area (Å²) in [4.78, 5) is 11.3. The Balaban J connectivity index is 1.26. The summed E-state index contributed by atoms with van der Waals surface area (Å²) in [7, 11) is 0. The Hall–Kier alpha value is -5.20. The minimum absolute atomic E-state index is 0.194. The minimum atomic E-state index is 0.194. The smallest absolute Gasteiger partial charge is 0.220 e. The van der Waals surface area contributed by atoms with Crippen LogP contribution in [-0.4, -0.2) is 24.7 Å². The van der Waals surface area contributed by atoms with Crippen molar-refractivity contribution < 1.29 is 0 Å². The molecule has 0 radical (unpaired) electrons. The number of fused-ring (bicyclic) bond motifs is 11. The zero-order chi connectivity index (χ0) is 27.4. The third kappa shape index (κ3) is 2.86. The van der Waals surface area contributed by atoms with Gasteiger partial charge >= 0.3 is 0 Å². The Kier molecular flexibility index (Phi) is 4.38. The third-order valence-corrected chi connectivity index (χ3v) is 10.1. The van der Waals surface area contributed by atoms with Gasteiger partial charge in [-0.1, -0.05) is 60.7 Å². The van der Waals surface area contributed by atoms with Crippen LogP contribution < -0.4 is 0 Å². The second-order valence-corrected chi connectivity index (χ2v) is 12.1. The SMILES string of the molecule is C1=Nc2c(sc3ccccc23)[C@H](n2c3ccccc3c3cc(-n4c5ccccc5n5c6ccccc6nc45)ccc32)C1. The van der Waals surface area contributed by atoms with Crippen molar-refractivity contribution in [2.24, 2.45) is 4.99 Å². The highest BCUT2D eigenvalue weighted by molar-refractivity contribution is 7.19. The fraction of sp³-hybridized carbons (Fsp3) is 0.0556. The topological polar surface area (TPSA) is 39.5 Å². The summed E-state index contributed by atoms with van der Waals surface area (Å²) in [6, 6.07) is 41.5. The van der Waals surface area contributed by atoms with Crippen molar-refractivity contribution in [3.8, 4) is 5.69 Å². The molecule has 198 valence electrons. The number of aromatic nitrogens is 4. The first-order valence-electron chi connectivity index (χ1n) is 14.3. The molecule has 0 aliphatic carbocycles. The maximum atomic E-state index is 5.10. The van der Waals surface area contributed by atoms with E-state index in [-0.39, 0.29) is 6.04 Å². The average molecular weight is 558 g/mol. The van der Waals surface area contributed by atoms with Gasteiger partial charge in [-0.3, -0.25) is 14.0 Å². The lowest BCUT2D eigenvalue weighted by Crippen LogP contribution is -2.12. The standard InChI is InChI=1S/C36H23N5S/c1-4-12-27-23(9-1)25-21-22(39-30-14-6-7-15-31(30)41-29-13-5-3-11-26(29)38-36(39)41)17-18-28(25)40(27)32-19-20-37-34-24-10-2-8-16-33(24)42-35(32)34/h1-18,20-21,32H,19H2/t32-/m1/s1. The number of nitrogens with zero attached hydrogens (tertiary/aromatic N) is 5. The molecule has 1 aliphatic heterocycles. The highest BCUT2D eigenvalue weighted by atomic mass is 32.1. The summed E-state index contributed by atoms with van der Waals surface area (Å²) in [5.41, 5.74) is 9.16. The molecule has 5 aromatic carbocycles. The zero-order valence-electron chi connectivity index (χ0n) is 22.5. The van der Waals surface area contributed by atoms with Crippen molar-refractivity contribution in [1.29, 1.82) is 0 Å². The van der Waals surface area contributed by atoms with E-state index in [2.05, 4.69) is 135 Å². The van der Waals surface area contributed by atoms with Crippen LogP contribution in [0.2, 0.25) is 0 Å². The van der Waals surface area contributed by atoms with Gasteiger partial charge in [0.25, 0.3) is 0 Å². The molecule has 0 fully saturated rings. The van der Waals surface area contributed by atoms with Crippen LogP contribution in [0.1, 0.15) is 17.3 Å². The van der Waals surface area contributed by atoms with E-state index < -0.39 is 0 Å². The van der Waals surface area contributed by atoms with Gasteiger partial charge in [-0.25, -0.2) is 4.98 Å². The van der Waals surface area contributed by atoms with Crippen molar-refractivity contribution in [2.45, 2.75) is 12.5 Å². The molecule has 0 saturated heterocycles. The van der Waals surface area contributed by atoms with Crippen LogP contribution in [-0.2, 0) is 0 Å². The van der Waals surface area contributed by atoms with Crippen LogP contribution in [0.5, 0.6) is 0 Å². The second kappa shape index (κ2) is 8.18. The van der Waals surface area contributed by atoms with E-state index in [4.69, 9.17) is 9.98 Å². The van der Waals surface area contributed by atoms with Crippen molar-refractivity contribution in [2.75, 3.05) is 0 Å². The molecule has 0 N–H and O–H groups in total. The maximum absolute atomic E-state index is 5.10. The summed E-state index contributed by atoms with van der Waals surface area (Å²) >= 11 is 1.88. The summed E-state index contributed by atoms with van der Waals surface area (Å²) in [6.07, 6.45) is 2.98. The van der Waals surface area contributed by atoms with Gasteiger partial charge in [0.1, 0.15) is 0 Å². The number of aliphatic imine (C=N–C) groups is 1. The Labute approximate surface area is 244 Å². The normalized spacial score (nSPS) is 15.2. The van der Waals surface area contributed by atoms with Crippen LogP contribution in [0, 0.1) is 0 Å². The lowest BCUT2D eigenvalue weighted by atomic mass is 10.1. The molecular formula is C36H23N5S. The first-order valence-corrected chi connectivity index (χ1v) is 15.1. The summed E-state index contributed by atoms with van der Waals surface area (Å²) in [5.74, 6) is 0.930. The van der Waals surface area contributed by atoms with Gasteiger partial charge in [0, 0.05) is 50.2 Å². The summed E-state index contributed by atoms with van der Waals surface area (Å²) in [6.45, 7) is 0. The molecule has 6 heteroatoms. The maximum Gasteiger partial charge on any atom is 0.220 e. The number of thiophene rings is 1. The molecular weight excluding hydrogens is 534 g/mol. The van der Waals surface area contributed by atoms with E-state index >= 15 is 0 Å².